The van der Waals surface area contributed by atoms with Crippen LogP contribution in [0, 0.1) is 0 Å². The zero-order valence-corrected chi connectivity index (χ0v) is 10.1. The number of aromatic nitrogens is 2. The van der Waals surface area contributed by atoms with E-state index >= 15 is 0 Å². The molecule has 2 rings (SSSR count). The number of anilines is 1. The first-order valence-electron chi connectivity index (χ1n) is 5.48. The predicted molar refractivity (Wildman–Crippen MR) is 64.6 cm³/mol. The van der Waals surface area contributed by atoms with E-state index < -0.39 is 0 Å². The molecule has 0 saturated heterocycles. The van der Waals surface area contributed by atoms with Crippen LogP contribution in [-0.4, -0.2) is 23.0 Å². The Bertz CT molecular complexity index is 551. The summed E-state index contributed by atoms with van der Waals surface area (Å²) in [6, 6.07) is 3.29. The minimum absolute atomic E-state index is 0.252. The van der Waals surface area contributed by atoms with Gasteiger partial charge in [0.1, 0.15) is 6.26 Å². The molecule has 0 aliphatic carbocycles. The minimum Gasteiger partial charge on any atom is -0.481 e. The first-order chi connectivity index (χ1) is 8.72. The van der Waals surface area contributed by atoms with E-state index in [1.165, 1.54) is 13.4 Å². The van der Waals surface area contributed by atoms with E-state index in [0.29, 0.717) is 23.9 Å². The van der Waals surface area contributed by atoms with Gasteiger partial charge in [-0.25, -0.2) is 9.97 Å². The number of pyridine rings is 1. The summed E-state index contributed by atoms with van der Waals surface area (Å²) in [5.74, 6) is 0.640. The molecule has 2 aromatic heterocycles. The quantitative estimate of drug-likeness (QED) is 0.892. The summed E-state index contributed by atoms with van der Waals surface area (Å²) < 4.78 is 10.1. The summed E-state index contributed by atoms with van der Waals surface area (Å²) in [5, 5.41) is 2.69. The molecule has 2 aromatic rings. The highest BCUT2D eigenvalue weighted by atomic mass is 16.5. The van der Waals surface area contributed by atoms with Crippen molar-refractivity contribution in [2.45, 2.75) is 13.3 Å². The van der Waals surface area contributed by atoms with Gasteiger partial charge in [-0.2, -0.15) is 0 Å². The number of methoxy groups -OCH3 is 1. The maximum absolute atomic E-state index is 11.8. The van der Waals surface area contributed by atoms with E-state index in [-0.39, 0.29) is 11.6 Å². The van der Waals surface area contributed by atoms with Gasteiger partial charge in [-0.05, 0) is 6.07 Å². The second kappa shape index (κ2) is 5.31. The molecule has 0 aromatic carbocycles. The van der Waals surface area contributed by atoms with Crippen LogP contribution in [0.1, 0.15) is 23.3 Å². The third-order valence-corrected chi connectivity index (χ3v) is 2.29. The maximum atomic E-state index is 11.8. The van der Waals surface area contributed by atoms with Gasteiger partial charge in [0.2, 0.25) is 5.88 Å². The molecule has 0 fully saturated rings. The largest absolute Gasteiger partial charge is 0.481 e. The number of ether oxygens (including phenoxy) is 1. The number of oxazole rings is 1. The summed E-state index contributed by atoms with van der Waals surface area (Å²) in [6.07, 6.45) is 3.54. The van der Waals surface area contributed by atoms with Crippen molar-refractivity contribution in [3.63, 3.8) is 0 Å². The molecule has 0 bridgehead atoms. The van der Waals surface area contributed by atoms with Gasteiger partial charge in [-0.1, -0.05) is 6.92 Å². The van der Waals surface area contributed by atoms with Crippen molar-refractivity contribution >= 4 is 11.6 Å². The fourth-order valence-electron chi connectivity index (χ4n) is 1.37. The van der Waals surface area contributed by atoms with Crippen LogP contribution >= 0.6 is 0 Å². The average Bonchev–Trinajstić information content (AvgIpc) is 2.88. The van der Waals surface area contributed by atoms with Gasteiger partial charge in [0.05, 0.1) is 7.11 Å². The molecule has 2 heterocycles. The highest BCUT2D eigenvalue weighted by Crippen LogP contribution is 2.14. The molecule has 0 aliphatic rings. The molecule has 6 heteroatoms. The molecule has 6 nitrogen and oxygen atoms in total. The highest BCUT2D eigenvalue weighted by Gasteiger charge is 2.11. The molecule has 0 atom stereocenters. The summed E-state index contributed by atoms with van der Waals surface area (Å²) in [4.78, 5) is 19.8. The van der Waals surface area contributed by atoms with Crippen LogP contribution in [-0.2, 0) is 6.42 Å². The van der Waals surface area contributed by atoms with Gasteiger partial charge in [0, 0.05) is 24.4 Å². The average molecular weight is 247 g/mol. The second-order valence-electron chi connectivity index (χ2n) is 3.52. The topological polar surface area (TPSA) is 77.2 Å². The highest BCUT2D eigenvalue weighted by molar-refractivity contribution is 6.02. The third kappa shape index (κ3) is 2.65. The zero-order valence-electron chi connectivity index (χ0n) is 10.1. The number of hydrogen-bond acceptors (Lipinski definition) is 5. The summed E-state index contributed by atoms with van der Waals surface area (Å²) in [6.45, 7) is 1.90. The van der Waals surface area contributed by atoms with Crippen LogP contribution in [0.15, 0.2) is 29.0 Å². The Balaban J connectivity index is 2.10. The van der Waals surface area contributed by atoms with E-state index in [1.54, 1.807) is 18.3 Å². The summed E-state index contributed by atoms with van der Waals surface area (Å²) in [7, 11) is 1.51. The Morgan fingerprint density at radius 1 is 1.56 bits per heavy atom. The van der Waals surface area contributed by atoms with E-state index in [2.05, 4.69) is 15.3 Å². The monoisotopic (exact) mass is 247 g/mol. The van der Waals surface area contributed by atoms with Crippen molar-refractivity contribution in [1.29, 1.82) is 0 Å². The summed E-state index contributed by atoms with van der Waals surface area (Å²) >= 11 is 0. The molecule has 94 valence electrons. The van der Waals surface area contributed by atoms with Gasteiger partial charge in [0.15, 0.2) is 11.6 Å². The molecular formula is C12H13N3O3. The molecular weight excluding hydrogens is 234 g/mol. The lowest BCUT2D eigenvalue weighted by molar-refractivity contribution is 0.102. The fraction of sp³-hybridized carbons (Fsp3) is 0.250. The van der Waals surface area contributed by atoms with Crippen molar-refractivity contribution in [2.75, 3.05) is 12.4 Å². The normalized spacial score (nSPS) is 10.1. The lowest BCUT2D eigenvalue weighted by atomic mass is 10.3. The summed E-state index contributed by atoms with van der Waals surface area (Å²) in [5.41, 5.74) is 0.843. The number of nitrogens with zero attached hydrogens (tertiary/aromatic N) is 2. The van der Waals surface area contributed by atoms with E-state index in [9.17, 15) is 4.79 Å². The molecule has 0 spiro atoms. The molecule has 1 N–H and O–H groups in total. The Labute approximate surface area is 104 Å². The minimum atomic E-state index is -0.327. The molecule has 0 aliphatic heterocycles. The van der Waals surface area contributed by atoms with Crippen LogP contribution in [0.5, 0.6) is 5.88 Å². The predicted octanol–water partition coefficient (Wildman–Crippen LogP) is 1.89. The molecule has 1 amide bonds. The maximum Gasteiger partial charge on any atom is 0.277 e. The van der Waals surface area contributed by atoms with Crippen LogP contribution in [0.2, 0.25) is 0 Å². The standard InChI is InChI=1S/C12H13N3O3/c1-3-10-15-9(7-18-10)12(16)14-8-4-5-13-11(6-8)17-2/h4-7H,3H2,1-2H3,(H,13,14,16). The Morgan fingerprint density at radius 2 is 2.39 bits per heavy atom. The van der Waals surface area contributed by atoms with Crippen molar-refractivity contribution in [1.82, 2.24) is 9.97 Å². The number of carbonyl (C=O) groups is 1. The van der Waals surface area contributed by atoms with Gasteiger partial charge in [0.25, 0.3) is 5.91 Å². The first-order valence-corrected chi connectivity index (χ1v) is 5.48. The smallest absolute Gasteiger partial charge is 0.277 e. The lowest BCUT2D eigenvalue weighted by Gasteiger charge is -2.04. The van der Waals surface area contributed by atoms with E-state index in [4.69, 9.17) is 9.15 Å². The van der Waals surface area contributed by atoms with Crippen molar-refractivity contribution in [2.24, 2.45) is 0 Å². The Kier molecular flexibility index (Phi) is 3.57. The molecule has 0 saturated carbocycles. The van der Waals surface area contributed by atoms with Gasteiger partial charge in [-0.15, -0.1) is 0 Å². The van der Waals surface area contributed by atoms with Crippen molar-refractivity contribution < 1.29 is 13.9 Å². The Morgan fingerprint density at radius 3 is 3.06 bits per heavy atom. The molecule has 0 radical (unpaired) electrons. The van der Waals surface area contributed by atoms with E-state index in [0.717, 1.165) is 0 Å². The van der Waals surface area contributed by atoms with Crippen LogP contribution in [0.3, 0.4) is 0 Å². The third-order valence-electron chi connectivity index (χ3n) is 2.29. The SMILES string of the molecule is CCc1nc(C(=O)Nc2ccnc(OC)c2)co1. The number of amides is 1. The molecule has 18 heavy (non-hydrogen) atoms. The van der Waals surface area contributed by atoms with Gasteiger partial charge >= 0.3 is 0 Å². The first kappa shape index (κ1) is 12.1. The van der Waals surface area contributed by atoms with Crippen molar-refractivity contribution in [3.05, 3.63) is 36.2 Å². The number of hydrogen-bond donors (Lipinski definition) is 1. The van der Waals surface area contributed by atoms with Crippen LogP contribution in [0.25, 0.3) is 0 Å². The Hall–Kier alpha value is -2.37. The van der Waals surface area contributed by atoms with E-state index in [1.807, 2.05) is 6.92 Å². The van der Waals surface area contributed by atoms with Crippen LogP contribution in [0.4, 0.5) is 5.69 Å². The number of rotatable bonds is 4. The number of carbonyl (C=O) groups excluding carboxylic acids is 1. The van der Waals surface area contributed by atoms with Gasteiger partial charge in [-0.3, -0.25) is 4.79 Å². The lowest BCUT2D eigenvalue weighted by Crippen LogP contribution is -2.12. The van der Waals surface area contributed by atoms with Crippen molar-refractivity contribution in [3.8, 4) is 5.88 Å². The van der Waals surface area contributed by atoms with Gasteiger partial charge < -0.3 is 14.5 Å². The zero-order chi connectivity index (χ0) is 13.0. The van der Waals surface area contributed by atoms with Crippen LogP contribution < -0.4 is 10.1 Å². The molecule has 0 unspecified atom stereocenters. The number of aryl methyl sites for hydroxylation is 1. The number of nitrogens with one attached hydrogen (secondary N) is 1. The fourth-order valence-corrected chi connectivity index (χ4v) is 1.37. The second-order valence-corrected chi connectivity index (χ2v) is 3.52.